The number of nitrogens with zero attached hydrogens (tertiary/aromatic N) is 1. The second-order valence-electron chi connectivity index (χ2n) is 5.78. The molecule has 1 atom stereocenters. The van der Waals surface area contributed by atoms with Crippen LogP contribution < -0.4 is 10.6 Å². The Labute approximate surface area is 152 Å². The van der Waals surface area contributed by atoms with E-state index in [4.69, 9.17) is 4.74 Å². The number of hydrogen-bond donors (Lipinski definition) is 3. The van der Waals surface area contributed by atoms with Crippen LogP contribution in [0.5, 0.6) is 0 Å². The predicted octanol–water partition coefficient (Wildman–Crippen LogP) is 1.14. The lowest BCUT2D eigenvalue weighted by Gasteiger charge is -2.09. The Balaban J connectivity index is 1.76. The van der Waals surface area contributed by atoms with E-state index in [2.05, 4.69) is 15.6 Å². The van der Waals surface area contributed by atoms with Crippen molar-refractivity contribution >= 4 is 11.8 Å². The molecule has 0 aliphatic heterocycles. The Bertz CT molecular complexity index is 720. The zero-order valence-electron chi connectivity index (χ0n) is 14.6. The highest BCUT2D eigenvalue weighted by molar-refractivity contribution is 5.98. The number of nitrogens with one attached hydrogen (secondary N) is 2. The summed E-state index contributed by atoms with van der Waals surface area (Å²) in [6, 6.07) is 12.7. The SMILES string of the molecule is CC(O)CNC(=O)c1cc(C(=O)NCCOCc2ccccc2)ccn1. The lowest BCUT2D eigenvalue weighted by atomic mass is 10.2. The lowest BCUT2D eigenvalue weighted by Crippen LogP contribution is -2.32. The number of benzene rings is 1. The number of aliphatic hydroxyl groups excluding tert-OH is 1. The summed E-state index contributed by atoms with van der Waals surface area (Å²) in [6.45, 7) is 2.91. The van der Waals surface area contributed by atoms with E-state index in [1.807, 2.05) is 30.3 Å². The normalized spacial score (nSPS) is 11.6. The molecule has 7 nitrogen and oxygen atoms in total. The van der Waals surface area contributed by atoms with Gasteiger partial charge in [-0.2, -0.15) is 0 Å². The third kappa shape index (κ3) is 6.62. The van der Waals surface area contributed by atoms with Crippen LogP contribution in [0.15, 0.2) is 48.7 Å². The molecule has 1 aromatic heterocycles. The average molecular weight is 357 g/mol. The lowest BCUT2D eigenvalue weighted by molar-refractivity contribution is 0.0900. The standard InChI is InChI=1S/C19H23N3O4/c1-14(23)12-22-19(25)17-11-16(7-8-20-17)18(24)21-9-10-26-13-15-5-3-2-4-6-15/h2-8,11,14,23H,9-10,12-13H2,1H3,(H,21,24)(H,22,25). The Morgan fingerprint density at radius 2 is 1.92 bits per heavy atom. The highest BCUT2D eigenvalue weighted by atomic mass is 16.5. The van der Waals surface area contributed by atoms with E-state index in [0.29, 0.717) is 25.3 Å². The Morgan fingerprint density at radius 1 is 1.15 bits per heavy atom. The van der Waals surface area contributed by atoms with Crippen molar-refractivity contribution in [1.29, 1.82) is 0 Å². The molecular weight excluding hydrogens is 334 g/mol. The molecule has 1 heterocycles. The van der Waals surface area contributed by atoms with Crippen molar-refractivity contribution < 1.29 is 19.4 Å². The van der Waals surface area contributed by atoms with Gasteiger partial charge in [-0.1, -0.05) is 30.3 Å². The van der Waals surface area contributed by atoms with Crippen molar-refractivity contribution in [3.05, 3.63) is 65.5 Å². The fourth-order valence-electron chi connectivity index (χ4n) is 2.13. The second kappa shape index (κ2) is 10.3. The molecule has 0 spiro atoms. The number of aliphatic hydroxyl groups is 1. The number of carbonyl (C=O) groups excluding carboxylic acids is 2. The minimum atomic E-state index is -0.652. The third-order valence-corrected chi connectivity index (χ3v) is 3.46. The molecule has 138 valence electrons. The van der Waals surface area contributed by atoms with Crippen LogP contribution in [-0.2, 0) is 11.3 Å². The van der Waals surface area contributed by atoms with Gasteiger partial charge in [0.1, 0.15) is 5.69 Å². The Kier molecular flexibility index (Phi) is 7.73. The van der Waals surface area contributed by atoms with E-state index in [0.717, 1.165) is 5.56 Å². The Morgan fingerprint density at radius 3 is 2.65 bits per heavy atom. The van der Waals surface area contributed by atoms with Crippen LogP contribution >= 0.6 is 0 Å². The van der Waals surface area contributed by atoms with E-state index in [-0.39, 0.29) is 18.1 Å². The predicted molar refractivity (Wildman–Crippen MR) is 96.7 cm³/mol. The highest BCUT2D eigenvalue weighted by Crippen LogP contribution is 2.03. The van der Waals surface area contributed by atoms with Crippen LogP contribution in [0.4, 0.5) is 0 Å². The van der Waals surface area contributed by atoms with E-state index >= 15 is 0 Å². The van der Waals surface area contributed by atoms with E-state index in [1.54, 1.807) is 6.92 Å². The van der Waals surface area contributed by atoms with Gasteiger partial charge in [0.25, 0.3) is 11.8 Å². The molecule has 2 rings (SSSR count). The molecule has 0 bridgehead atoms. The average Bonchev–Trinajstić information content (AvgIpc) is 2.66. The van der Waals surface area contributed by atoms with Gasteiger partial charge in [0.05, 0.1) is 19.3 Å². The molecule has 0 saturated heterocycles. The number of amides is 2. The molecule has 0 aliphatic rings. The maximum Gasteiger partial charge on any atom is 0.269 e. The van der Waals surface area contributed by atoms with Crippen molar-refractivity contribution in [1.82, 2.24) is 15.6 Å². The van der Waals surface area contributed by atoms with Crippen LogP contribution in [0.1, 0.15) is 33.3 Å². The van der Waals surface area contributed by atoms with Crippen LogP contribution in [0, 0.1) is 0 Å². The number of ether oxygens (including phenoxy) is 1. The summed E-state index contributed by atoms with van der Waals surface area (Å²) in [5.41, 5.74) is 1.53. The molecule has 3 N–H and O–H groups in total. The molecule has 2 amide bonds. The monoisotopic (exact) mass is 357 g/mol. The maximum absolute atomic E-state index is 12.2. The van der Waals surface area contributed by atoms with Gasteiger partial charge < -0.3 is 20.5 Å². The van der Waals surface area contributed by atoms with Gasteiger partial charge in [-0.05, 0) is 24.6 Å². The fourth-order valence-corrected chi connectivity index (χ4v) is 2.13. The number of pyridine rings is 1. The van der Waals surface area contributed by atoms with Gasteiger partial charge in [0, 0.05) is 24.8 Å². The van der Waals surface area contributed by atoms with E-state index in [1.165, 1.54) is 18.3 Å². The third-order valence-electron chi connectivity index (χ3n) is 3.46. The largest absolute Gasteiger partial charge is 0.392 e. The quantitative estimate of drug-likeness (QED) is 0.584. The summed E-state index contributed by atoms with van der Waals surface area (Å²) < 4.78 is 5.51. The van der Waals surface area contributed by atoms with Crippen molar-refractivity contribution in [2.24, 2.45) is 0 Å². The van der Waals surface area contributed by atoms with Crippen LogP contribution in [-0.4, -0.2) is 47.7 Å². The van der Waals surface area contributed by atoms with Crippen LogP contribution in [0.2, 0.25) is 0 Å². The van der Waals surface area contributed by atoms with Crippen molar-refractivity contribution in [3.63, 3.8) is 0 Å². The Hall–Kier alpha value is -2.77. The molecule has 2 aromatic rings. The summed E-state index contributed by atoms with van der Waals surface area (Å²) in [7, 11) is 0. The number of aromatic nitrogens is 1. The first kappa shape index (κ1) is 19.6. The minimum absolute atomic E-state index is 0.121. The molecule has 1 unspecified atom stereocenters. The summed E-state index contributed by atoms with van der Waals surface area (Å²) in [5, 5.41) is 14.5. The van der Waals surface area contributed by atoms with Crippen molar-refractivity contribution in [2.45, 2.75) is 19.6 Å². The van der Waals surface area contributed by atoms with E-state index < -0.39 is 12.0 Å². The maximum atomic E-state index is 12.2. The second-order valence-corrected chi connectivity index (χ2v) is 5.78. The molecule has 0 fully saturated rings. The number of rotatable bonds is 9. The molecule has 26 heavy (non-hydrogen) atoms. The summed E-state index contributed by atoms with van der Waals surface area (Å²) >= 11 is 0. The van der Waals surface area contributed by atoms with Gasteiger partial charge >= 0.3 is 0 Å². The van der Waals surface area contributed by atoms with Gasteiger partial charge in [-0.3, -0.25) is 14.6 Å². The van der Waals surface area contributed by atoms with Gasteiger partial charge in [-0.15, -0.1) is 0 Å². The summed E-state index contributed by atoms with van der Waals surface area (Å²) in [5.74, 6) is -0.743. The molecule has 0 saturated carbocycles. The molecule has 0 aliphatic carbocycles. The summed E-state index contributed by atoms with van der Waals surface area (Å²) in [6.07, 6.45) is 0.749. The highest BCUT2D eigenvalue weighted by Gasteiger charge is 2.12. The first-order valence-electron chi connectivity index (χ1n) is 8.38. The first-order valence-corrected chi connectivity index (χ1v) is 8.38. The van der Waals surface area contributed by atoms with Crippen LogP contribution in [0.25, 0.3) is 0 Å². The van der Waals surface area contributed by atoms with E-state index in [9.17, 15) is 14.7 Å². The van der Waals surface area contributed by atoms with Gasteiger partial charge in [0.2, 0.25) is 0 Å². The molecule has 1 aromatic carbocycles. The molecular formula is C19H23N3O4. The van der Waals surface area contributed by atoms with Gasteiger partial charge in [0.15, 0.2) is 0 Å². The zero-order chi connectivity index (χ0) is 18.8. The number of carbonyl (C=O) groups is 2. The minimum Gasteiger partial charge on any atom is -0.392 e. The van der Waals surface area contributed by atoms with Crippen molar-refractivity contribution in [3.8, 4) is 0 Å². The molecule has 0 radical (unpaired) electrons. The smallest absolute Gasteiger partial charge is 0.269 e. The van der Waals surface area contributed by atoms with Crippen molar-refractivity contribution in [2.75, 3.05) is 19.7 Å². The fraction of sp³-hybridized carbons (Fsp3) is 0.316. The summed E-state index contributed by atoms with van der Waals surface area (Å²) in [4.78, 5) is 28.0. The number of hydrogen-bond acceptors (Lipinski definition) is 5. The zero-order valence-corrected chi connectivity index (χ0v) is 14.6. The van der Waals surface area contributed by atoms with Crippen LogP contribution in [0.3, 0.4) is 0 Å². The van der Waals surface area contributed by atoms with Gasteiger partial charge in [-0.25, -0.2) is 0 Å². The topological polar surface area (TPSA) is 101 Å². The molecule has 7 heteroatoms. The first-order chi connectivity index (χ1) is 12.6.